The third-order valence-electron chi connectivity index (χ3n) is 3.49. The van der Waals surface area contributed by atoms with Gasteiger partial charge in [-0.1, -0.05) is 66.7 Å². The van der Waals surface area contributed by atoms with Crippen molar-refractivity contribution in [3.8, 4) is 0 Å². The molecule has 5 heteroatoms. The van der Waals surface area contributed by atoms with Crippen molar-refractivity contribution in [2.75, 3.05) is 0 Å². The van der Waals surface area contributed by atoms with Crippen molar-refractivity contribution in [2.24, 2.45) is 11.3 Å². The normalized spacial score (nSPS) is 10.6. The summed E-state index contributed by atoms with van der Waals surface area (Å²) < 4.78 is 0. The second kappa shape index (κ2) is 17.3. The number of unbranched alkanes of at least 4 members (excludes halogenated alkanes) is 4. The Labute approximate surface area is 158 Å². The van der Waals surface area contributed by atoms with Gasteiger partial charge in [-0.05, 0) is 30.6 Å². The fraction of sp³-hybridized carbons (Fsp3) is 0.895. The van der Waals surface area contributed by atoms with Crippen molar-refractivity contribution in [1.29, 1.82) is 0 Å². The van der Waals surface area contributed by atoms with E-state index in [0.29, 0.717) is 18.3 Å². The van der Waals surface area contributed by atoms with E-state index in [-0.39, 0.29) is 16.5 Å². The maximum absolute atomic E-state index is 10.2. The summed E-state index contributed by atoms with van der Waals surface area (Å²) in [5, 5.41) is 16.7. The first-order chi connectivity index (χ1) is 10.5. The third-order valence-corrected chi connectivity index (χ3v) is 3.49. The van der Waals surface area contributed by atoms with Gasteiger partial charge in [-0.2, -0.15) is 0 Å². The molecule has 0 amide bonds. The Morgan fingerprint density at radius 2 is 1.21 bits per heavy atom. The van der Waals surface area contributed by atoms with Crippen LogP contribution in [0.2, 0.25) is 0 Å². The molecule has 0 aliphatic carbocycles. The Balaban J connectivity index is -0.000000354. The van der Waals surface area contributed by atoms with Crippen LogP contribution in [0.25, 0.3) is 0 Å². The number of hydrogen-bond donors (Lipinski definition) is 2. The zero-order chi connectivity index (χ0) is 18.3. The van der Waals surface area contributed by atoms with E-state index >= 15 is 0 Å². The summed E-state index contributed by atoms with van der Waals surface area (Å²) in [5.41, 5.74) is 0.392. The molecule has 24 heavy (non-hydrogen) atoms. The fourth-order valence-corrected chi connectivity index (χ4v) is 2.11. The van der Waals surface area contributed by atoms with E-state index in [1.165, 1.54) is 19.3 Å². The van der Waals surface area contributed by atoms with Gasteiger partial charge in [-0.25, -0.2) is 0 Å². The fourth-order valence-electron chi connectivity index (χ4n) is 2.11. The topological polar surface area (TPSA) is 74.6 Å². The molecule has 0 bridgehead atoms. The van der Waals surface area contributed by atoms with Crippen LogP contribution in [0.1, 0.15) is 98.8 Å². The van der Waals surface area contributed by atoms with Gasteiger partial charge in [0.15, 0.2) is 0 Å². The standard InChI is InChI=1S/C10H20O2.C9H18O2.Ni/c1-10(2,3)8-6-4-5-7-9(11)12;1-8(2)6-4-3-5-7-9(10)11;/h4-8H2,1-3H3,(H,11,12);8H,3-7H2,1-2H3,(H,10,11);. The molecule has 4 nitrogen and oxygen atoms in total. The minimum Gasteiger partial charge on any atom is -0.481 e. The first-order valence-electron chi connectivity index (χ1n) is 8.98. The smallest absolute Gasteiger partial charge is 0.303 e. The quantitative estimate of drug-likeness (QED) is 0.349. The Morgan fingerprint density at radius 1 is 0.792 bits per heavy atom. The van der Waals surface area contributed by atoms with Crippen LogP contribution in [0.3, 0.4) is 0 Å². The first-order valence-corrected chi connectivity index (χ1v) is 8.98. The molecule has 0 aromatic rings. The molecule has 0 spiro atoms. The van der Waals surface area contributed by atoms with E-state index in [4.69, 9.17) is 10.2 Å². The van der Waals surface area contributed by atoms with Crippen LogP contribution in [0.4, 0.5) is 0 Å². The maximum Gasteiger partial charge on any atom is 0.303 e. The zero-order valence-electron chi connectivity index (χ0n) is 16.2. The molecule has 0 aliphatic rings. The van der Waals surface area contributed by atoms with Gasteiger partial charge in [-0.15, -0.1) is 0 Å². The SMILES string of the molecule is CC(C)(C)CCCCCC(=O)O.CC(C)CCCCCC(=O)O.[Ni]. The number of carboxylic acid groups (broad SMARTS) is 2. The van der Waals surface area contributed by atoms with Gasteiger partial charge in [-0.3, -0.25) is 9.59 Å². The number of carbonyl (C=O) groups is 2. The molecular formula is C19H38NiO4. The number of rotatable bonds is 11. The average molecular weight is 389 g/mol. The summed E-state index contributed by atoms with van der Waals surface area (Å²) in [4.78, 5) is 20.3. The molecule has 0 radical (unpaired) electrons. The Morgan fingerprint density at radius 3 is 1.54 bits per heavy atom. The van der Waals surface area contributed by atoms with Crippen LogP contribution >= 0.6 is 0 Å². The maximum atomic E-state index is 10.2. The first kappa shape index (κ1) is 28.2. The molecule has 0 aromatic carbocycles. The summed E-state index contributed by atoms with van der Waals surface area (Å²) in [7, 11) is 0. The van der Waals surface area contributed by atoms with Gasteiger partial charge in [0, 0.05) is 29.3 Å². The summed E-state index contributed by atoms with van der Waals surface area (Å²) in [6.07, 6.45) is 9.15. The Kier molecular flexibility index (Phi) is 20.3. The van der Waals surface area contributed by atoms with E-state index in [1.807, 2.05) is 0 Å². The van der Waals surface area contributed by atoms with Crippen LogP contribution in [0.5, 0.6) is 0 Å². The molecule has 0 aromatic heterocycles. The van der Waals surface area contributed by atoms with Gasteiger partial charge in [0.1, 0.15) is 0 Å². The van der Waals surface area contributed by atoms with Crippen LogP contribution in [0, 0.1) is 11.3 Å². The van der Waals surface area contributed by atoms with Crippen molar-refractivity contribution in [2.45, 2.75) is 98.8 Å². The molecule has 2 N–H and O–H groups in total. The van der Waals surface area contributed by atoms with Crippen LogP contribution in [-0.2, 0) is 26.1 Å². The largest absolute Gasteiger partial charge is 0.481 e. The monoisotopic (exact) mass is 388 g/mol. The summed E-state index contributed by atoms with van der Waals surface area (Å²) >= 11 is 0. The van der Waals surface area contributed by atoms with Gasteiger partial charge < -0.3 is 10.2 Å². The van der Waals surface area contributed by atoms with Crippen LogP contribution in [-0.4, -0.2) is 22.2 Å². The molecule has 0 heterocycles. The Hall–Kier alpha value is -0.566. The van der Waals surface area contributed by atoms with E-state index in [1.54, 1.807) is 0 Å². The third kappa shape index (κ3) is 33.1. The molecule has 0 saturated heterocycles. The molecule has 148 valence electrons. The van der Waals surface area contributed by atoms with Gasteiger partial charge in [0.25, 0.3) is 0 Å². The molecule has 0 saturated carbocycles. The van der Waals surface area contributed by atoms with E-state index in [9.17, 15) is 9.59 Å². The van der Waals surface area contributed by atoms with Crippen molar-refractivity contribution in [3.63, 3.8) is 0 Å². The number of aliphatic carboxylic acids is 2. The van der Waals surface area contributed by atoms with Gasteiger partial charge in [0.05, 0.1) is 0 Å². The van der Waals surface area contributed by atoms with Gasteiger partial charge >= 0.3 is 11.9 Å². The van der Waals surface area contributed by atoms with Crippen molar-refractivity contribution >= 4 is 11.9 Å². The zero-order valence-corrected chi connectivity index (χ0v) is 17.2. The molecular weight excluding hydrogens is 351 g/mol. The molecule has 0 aliphatic heterocycles. The second-order valence-corrected chi connectivity index (χ2v) is 7.90. The van der Waals surface area contributed by atoms with Gasteiger partial charge in [0.2, 0.25) is 0 Å². The molecule has 0 atom stereocenters. The van der Waals surface area contributed by atoms with Crippen molar-refractivity contribution in [1.82, 2.24) is 0 Å². The summed E-state index contributed by atoms with van der Waals surface area (Å²) in [5.74, 6) is -0.597. The van der Waals surface area contributed by atoms with E-state index in [2.05, 4.69) is 34.6 Å². The predicted molar refractivity (Wildman–Crippen MR) is 95.7 cm³/mol. The number of carboxylic acids is 2. The van der Waals surface area contributed by atoms with E-state index < -0.39 is 11.9 Å². The Bertz CT molecular complexity index is 309. The molecule has 0 fully saturated rings. The summed E-state index contributed by atoms with van der Waals surface area (Å²) in [6.45, 7) is 11.0. The number of hydrogen-bond acceptors (Lipinski definition) is 2. The van der Waals surface area contributed by atoms with Crippen LogP contribution in [0.15, 0.2) is 0 Å². The van der Waals surface area contributed by atoms with Crippen LogP contribution < -0.4 is 0 Å². The minimum atomic E-state index is -0.675. The molecule has 0 rings (SSSR count). The van der Waals surface area contributed by atoms with E-state index in [0.717, 1.165) is 38.0 Å². The van der Waals surface area contributed by atoms with Crippen molar-refractivity contribution < 1.29 is 36.3 Å². The summed E-state index contributed by atoms with van der Waals surface area (Å²) in [6, 6.07) is 0. The molecule has 0 unspecified atom stereocenters. The predicted octanol–water partition coefficient (Wildman–Crippen LogP) is 5.74. The van der Waals surface area contributed by atoms with Crippen molar-refractivity contribution in [3.05, 3.63) is 0 Å². The average Bonchev–Trinajstić information content (AvgIpc) is 2.36. The second-order valence-electron chi connectivity index (χ2n) is 7.90. The minimum absolute atomic E-state index is 0.